The molecule has 1 N–H and O–H groups in total. The van der Waals surface area contributed by atoms with E-state index < -0.39 is 23.3 Å². The number of thiophene rings is 1. The van der Waals surface area contributed by atoms with Crippen LogP contribution in [0.25, 0.3) is 5.69 Å². The van der Waals surface area contributed by atoms with Crippen molar-refractivity contribution in [3.8, 4) is 5.69 Å². The molecule has 29 heavy (non-hydrogen) atoms. The van der Waals surface area contributed by atoms with Gasteiger partial charge >= 0.3 is 6.18 Å². The van der Waals surface area contributed by atoms with Crippen molar-refractivity contribution < 1.29 is 18.0 Å². The third-order valence-electron chi connectivity index (χ3n) is 4.30. The maximum Gasteiger partial charge on any atom is 0.434 e. The molecule has 10 heteroatoms. The summed E-state index contributed by atoms with van der Waals surface area (Å²) in [6.45, 7) is 0.162. The van der Waals surface area contributed by atoms with Crippen LogP contribution in [-0.4, -0.2) is 41.2 Å². The summed E-state index contributed by atoms with van der Waals surface area (Å²) >= 11 is 7.32. The number of nitrogens with zero attached hydrogens (tertiary/aromatic N) is 3. The fourth-order valence-corrected chi connectivity index (χ4v) is 3.92. The number of carbonyl (C=O) groups is 1. The lowest BCUT2D eigenvalue weighted by molar-refractivity contribution is -0.143. The van der Waals surface area contributed by atoms with Crippen molar-refractivity contribution in [1.29, 1.82) is 0 Å². The Balaban J connectivity index is 1.88. The molecule has 3 rings (SSSR count). The van der Waals surface area contributed by atoms with E-state index in [1.54, 1.807) is 0 Å². The average molecular weight is 443 g/mol. The molecule has 2 heterocycles. The molecule has 0 aliphatic heterocycles. The standard InChI is InChI=1S/C19H18ClF3N4OS/c1-26(2)15(16-4-3-9-29-16)11-24-18(28)14-10-25-27(17(14)19(21,22)23)13-7-5-12(20)6-8-13/h3-10,15H,11H2,1-2H3,(H,24,28). The quantitative estimate of drug-likeness (QED) is 0.605. The van der Waals surface area contributed by atoms with Crippen LogP contribution in [0, 0.1) is 0 Å². The normalized spacial score (nSPS) is 12.9. The Morgan fingerprint density at radius 1 is 1.28 bits per heavy atom. The van der Waals surface area contributed by atoms with Gasteiger partial charge in [0.1, 0.15) is 0 Å². The number of amides is 1. The summed E-state index contributed by atoms with van der Waals surface area (Å²) in [6, 6.07) is 9.38. The molecule has 1 unspecified atom stereocenters. The highest BCUT2D eigenvalue weighted by Gasteiger charge is 2.40. The number of benzene rings is 1. The number of hydrogen-bond acceptors (Lipinski definition) is 4. The van der Waals surface area contributed by atoms with Gasteiger partial charge in [-0.1, -0.05) is 17.7 Å². The number of nitrogens with one attached hydrogen (secondary N) is 1. The summed E-state index contributed by atoms with van der Waals surface area (Å²) in [5, 5.41) is 8.70. The maximum atomic E-state index is 13.7. The van der Waals surface area contributed by atoms with Gasteiger partial charge in [-0.3, -0.25) is 4.79 Å². The lowest BCUT2D eigenvalue weighted by Gasteiger charge is -2.23. The van der Waals surface area contributed by atoms with Gasteiger partial charge in [0.15, 0.2) is 5.69 Å². The van der Waals surface area contributed by atoms with Gasteiger partial charge in [0.2, 0.25) is 0 Å². The minimum absolute atomic E-state index is 0.153. The van der Waals surface area contributed by atoms with Crippen LogP contribution in [-0.2, 0) is 6.18 Å². The Hall–Kier alpha value is -2.36. The van der Waals surface area contributed by atoms with Gasteiger partial charge in [-0.05, 0) is 49.8 Å². The van der Waals surface area contributed by atoms with E-state index in [-0.39, 0.29) is 18.3 Å². The molecule has 0 saturated carbocycles. The Bertz CT molecular complexity index is 969. The number of halogens is 4. The molecule has 1 atom stereocenters. The van der Waals surface area contributed by atoms with Crippen LogP contribution in [0.1, 0.15) is 27.0 Å². The van der Waals surface area contributed by atoms with E-state index in [0.717, 1.165) is 11.1 Å². The maximum absolute atomic E-state index is 13.7. The highest BCUT2D eigenvalue weighted by atomic mass is 35.5. The molecule has 1 aromatic carbocycles. The number of likely N-dealkylation sites (N-methyl/N-ethyl adjacent to an activating group) is 1. The lowest BCUT2D eigenvalue weighted by Crippen LogP contribution is -2.35. The summed E-state index contributed by atoms with van der Waals surface area (Å²) in [6.07, 6.45) is -3.83. The summed E-state index contributed by atoms with van der Waals surface area (Å²) < 4.78 is 41.9. The Labute approximate surface area is 174 Å². The molecule has 0 fully saturated rings. The van der Waals surface area contributed by atoms with Crippen molar-refractivity contribution in [3.05, 3.63) is 69.1 Å². The van der Waals surface area contributed by atoms with Crippen molar-refractivity contribution in [2.45, 2.75) is 12.2 Å². The number of hydrogen-bond donors (Lipinski definition) is 1. The highest BCUT2D eigenvalue weighted by molar-refractivity contribution is 7.10. The number of alkyl halides is 3. The molecule has 154 valence electrons. The topological polar surface area (TPSA) is 50.2 Å². The molecule has 3 aromatic rings. The number of rotatable bonds is 6. The van der Waals surface area contributed by atoms with Crippen LogP contribution in [0.15, 0.2) is 48.0 Å². The van der Waals surface area contributed by atoms with Crippen LogP contribution >= 0.6 is 22.9 Å². The summed E-state index contributed by atoms with van der Waals surface area (Å²) in [7, 11) is 3.69. The van der Waals surface area contributed by atoms with Gasteiger partial charge in [0.05, 0.1) is 23.5 Å². The predicted octanol–water partition coefficient (Wildman–Crippen LogP) is 4.64. The molecule has 5 nitrogen and oxygen atoms in total. The zero-order valence-electron chi connectivity index (χ0n) is 15.6. The molecular weight excluding hydrogens is 425 g/mol. The van der Waals surface area contributed by atoms with E-state index in [4.69, 9.17) is 11.6 Å². The van der Waals surface area contributed by atoms with E-state index in [0.29, 0.717) is 9.70 Å². The van der Waals surface area contributed by atoms with E-state index in [2.05, 4.69) is 10.4 Å². The van der Waals surface area contributed by atoms with Crippen molar-refractivity contribution in [1.82, 2.24) is 20.0 Å². The van der Waals surface area contributed by atoms with Crippen LogP contribution < -0.4 is 5.32 Å². The van der Waals surface area contributed by atoms with E-state index >= 15 is 0 Å². The van der Waals surface area contributed by atoms with Crippen molar-refractivity contribution in [3.63, 3.8) is 0 Å². The van der Waals surface area contributed by atoms with Crippen molar-refractivity contribution in [2.24, 2.45) is 0 Å². The fourth-order valence-electron chi connectivity index (χ4n) is 2.87. The molecule has 0 radical (unpaired) electrons. The third kappa shape index (κ3) is 4.80. The van der Waals surface area contributed by atoms with Crippen molar-refractivity contribution in [2.75, 3.05) is 20.6 Å². The van der Waals surface area contributed by atoms with Gasteiger partial charge in [-0.2, -0.15) is 18.3 Å². The molecule has 0 saturated heterocycles. The molecule has 1 amide bonds. The second kappa shape index (κ2) is 8.56. The molecule has 0 bridgehead atoms. The zero-order valence-corrected chi connectivity index (χ0v) is 17.1. The van der Waals surface area contributed by atoms with Crippen molar-refractivity contribution >= 4 is 28.8 Å². The first kappa shape index (κ1) is 21.4. The third-order valence-corrected chi connectivity index (χ3v) is 5.53. The number of aromatic nitrogens is 2. The van der Waals surface area contributed by atoms with Gasteiger partial charge in [0.25, 0.3) is 5.91 Å². The SMILES string of the molecule is CN(C)C(CNC(=O)c1cnn(-c2ccc(Cl)cc2)c1C(F)(F)F)c1cccs1. The first-order valence-electron chi connectivity index (χ1n) is 8.57. The molecule has 0 spiro atoms. The molecule has 2 aromatic heterocycles. The minimum atomic E-state index is -4.77. The smallest absolute Gasteiger partial charge is 0.350 e. The summed E-state index contributed by atoms with van der Waals surface area (Å²) in [5.41, 5.74) is -1.50. The van der Waals surface area contributed by atoms with Gasteiger partial charge < -0.3 is 10.2 Å². The zero-order chi connectivity index (χ0) is 21.2. The Morgan fingerprint density at radius 2 is 1.97 bits per heavy atom. The van der Waals surface area contributed by atoms with Gasteiger partial charge in [0, 0.05) is 16.4 Å². The predicted molar refractivity (Wildman–Crippen MR) is 107 cm³/mol. The van der Waals surface area contributed by atoms with E-state index in [1.165, 1.54) is 35.6 Å². The first-order valence-corrected chi connectivity index (χ1v) is 9.83. The largest absolute Gasteiger partial charge is 0.434 e. The van der Waals surface area contributed by atoms with Crippen LogP contribution in [0.5, 0.6) is 0 Å². The molecule has 0 aliphatic carbocycles. The Kier molecular flexibility index (Phi) is 6.30. The van der Waals surface area contributed by atoms with Crippen LogP contribution in [0.4, 0.5) is 13.2 Å². The first-order chi connectivity index (χ1) is 13.7. The fraction of sp³-hybridized carbons (Fsp3) is 0.263. The van der Waals surface area contributed by atoms with Crippen LogP contribution in [0.3, 0.4) is 0 Å². The van der Waals surface area contributed by atoms with E-state index in [9.17, 15) is 18.0 Å². The molecular formula is C19H18ClF3N4OS. The monoisotopic (exact) mass is 442 g/mol. The second-order valence-corrected chi connectivity index (χ2v) is 7.91. The summed E-state index contributed by atoms with van der Waals surface area (Å²) in [5.74, 6) is -0.832. The minimum Gasteiger partial charge on any atom is -0.350 e. The Morgan fingerprint density at radius 3 is 2.52 bits per heavy atom. The number of carbonyl (C=O) groups excluding carboxylic acids is 1. The highest BCUT2D eigenvalue weighted by Crippen LogP contribution is 2.34. The van der Waals surface area contributed by atoms with E-state index in [1.807, 2.05) is 36.5 Å². The average Bonchev–Trinajstić information content (AvgIpc) is 3.31. The molecule has 0 aliphatic rings. The van der Waals surface area contributed by atoms with Gasteiger partial charge in [-0.15, -0.1) is 11.3 Å². The summed E-state index contributed by atoms with van der Waals surface area (Å²) in [4.78, 5) is 15.5. The second-order valence-electron chi connectivity index (χ2n) is 6.50. The van der Waals surface area contributed by atoms with Crippen LogP contribution in [0.2, 0.25) is 5.02 Å². The lowest BCUT2D eigenvalue weighted by atomic mass is 10.2. The van der Waals surface area contributed by atoms with Gasteiger partial charge in [-0.25, -0.2) is 4.68 Å².